The van der Waals surface area contributed by atoms with Gasteiger partial charge in [-0.3, -0.25) is 14.6 Å². The average Bonchev–Trinajstić information content (AvgIpc) is 3.46. The molecule has 0 aliphatic rings. The molecule has 5 N–H and O–H groups in total. The van der Waals surface area contributed by atoms with E-state index in [-0.39, 0.29) is 17.5 Å². The van der Waals surface area contributed by atoms with E-state index in [1.54, 1.807) is 20.3 Å². The van der Waals surface area contributed by atoms with Crippen LogP contribution in [0.25, 0.3) is 33.1 Å². The van der Waals surface area contributed by atoms with Gasteiger partial charge in [0, 0.05) is 29.4 Å². The fraction of sp³-hybridized carbons (Fsp3) is 0.235. The van der Waals surface area contributed by atoms with Gasteiger partial charge in [0.15, 0.2) is 0 Å². The van der Waals surface area contributed by atoms with Crippen LogP contribution < -0.4 is 25.8 Å². The molecule has 232 valence electrons. The Morgan fingerprint density at radius 1 is 0.978 bits per heavy atom. The first-order valence-electron chi connectivity index (χ1n) is 14.5. The summed E-state index contributed by atoms with van der Waals surface area (Å²) in [6, 6.07) is 23.7. The molecule has 0 spiro atoms. The molecule has 0 aliphatic carbocycles. The van der Waals surface area contributed by atoms with E-state index >= 15 is 0 Å². The highest BCUT2D eigenvalue weighted by Crippen LogP contribution is 2.41. The molecule has 0 saturated carbocycles. The number of nitrogens with one attached hydrogen (secondary N) is 3. The monoisotopic (exact) mass is 626 g/mol. The van der Waals surface area contributed by atoms with Gasteiger partial charge in [-0.25, -0.2) is 4.98 Å². The first-order valence-corrected chi connectivity index (χ1v) is 15.1. The van der Waals surface area contributed by atoms with Crippen LogP contribution in [0.5, 0.6) is 11.5 Å². The molecule has 5 aromatic rings. The number of carbonyl (C=O) groups excluding carboxylic acids is 2. The van der Waals surface area contributed by atoms with Crippen LogP contribution in [0, 0.1) is 0 Å². The summed E-state index contributed by atoms with van der Waals surface area (Å²) in [5.41, 5.74) is 9.51. The van der Waals surface area contributed by atoms with Gasteiger partial charge in [0.1, 0.15) is 34.8 Å². The number of carbonyl (C=O) groups is 2. The molecule has 11 heteroatoms. The van der Waals surface area contributed by atoms with E-state index in [9.17, 15) is 9.59 Å². The van der Waals surface area contributed by atoms with Gasteiger partial charge in [0.2, 0.25) is 5.91 Å². The van der Waals surface area contributed by atoms with Gasteiger partial charge >= 0.3 is 0 Å². The van der Waals surface area contributed by atoms with E-state index in [1.165, 1.54) is 0 Å². The van der Waals surface area contributed by atoms with Crippen molar-refractivity contribution >= 4 is 51.1 Å². The molecule has 45 heavy (non-hydrogen) atoms. The van der Waals surface area contributed by atoms with Gasteiger partial charge in [0.05, 0.1) is 31.2 Å². The molecule has 5 rings (SSSR count). The van der Waals surface area contributed by atoms with Gasteiger partial charge in [-0.05, 0) is 42.7 Å². The van der Waals surface area contributed by atoms with E-state index < -0.39 is 11.9 Å². The number of H-pyrrole nitrogens is 1. The number of pyridine rings is 1. The van der Waals surface area contributed by atoms with Crippen molar-refractivity contribution in [2.45, 2.75) is 25.4 Å². The molecule has 0 fully saturated rings. The maximum atomic E-state index is 13.9. The van der Waals surface area contributed by atoms with Gasteiger partial charge in [-0.15, -0.1) is 11.6 Å². The van der Waals surface area contributed by atoms with Gasteiger partial charge in [-0.2, -0.15) is 0 Å². The number of aliphatic imine (C=N–C) groups is 1. The lowest BCUT2D eigenvalue weighted by molar-refractivity contribution is -0.123. The molecular weight excluding hydrogens is 592 g/mol. The maximum Gasteiger partial charge on any atom is 0.270 e. The second-order valence-corrected chi connectivity index (χ2v) is 10.6. The minimum absolute atomic E-state index is 0.124. The predicted octanol–water partition coefficient (Wildman–Crippen LogP) is 5.19. The number of amidine groups is 1. The number of alkyl halides is 1. The van der Waals surface area contributed by atoms with Crippen LogP contribution >= 0.6 is 11.6 Å². The van der Waals surface area contributed by atoms with Crippen LogP contribution in [0.15, 0.2) is 83.9 Å². The molecule has 3 aromatic carbocycles. The normalized spacial score (nSPS) is 12.2. The summed E-state index contributed by atoms with van der Waals surface area (Å²) in [5, 5.41) is 7.58. The van der Waals surface area contributed by atoms with E-state index in [4.69, 9.17) is 31.8 Å². The molecule has 2 amide bonds. The Kier molecular flexibility index (Phi) is 10.2. The molecule has 0 aliphatic heterocycles. The molecule has 2 aromatic heterocycles. The number of aromatic nitrogens is 2. The number of amides is 2. The number of aromatic amines is 1. The molecule has 0 unspecified atom stereocenters. The Morgan fingerprint density at radius 2 is 1.69 bits per heavy atom. The lowest BCUT2D eigenvalue weighted by Gasteiger charge is -2.19. The molecule has 2 heterocycles. The fourth-order valence-corrected chi connectivity index (χ4v) is 5.28. The van der Waals surface area contributed by atoms with E-state index in [0.29, 0.717) is 54.5 Å². The molecule has 1 atom stereocenters. The Bertz CT molecular complexity index is 1820. The topological polar surface area (TPSA) is 144 Å². The van der Waals surface area contributed by atoms with Crippen LogP contribution in [0.2, 0.25) is 0 Å². The minimum Gasteiger partial charge on any atom is -0.496 e. The number of hydrogen-bond donors (Lipinski definition) is 4. The first-order chi connectivity index (χ1) is 21.9. The summed E-state index contributed by atoms with van der Waals surface area (Å²) in [6.07, 6.45) is 0.827. The Morgan fingerprint density at radius 3 is 2.40 bits per heavy atom. The molecule has 0 radical (unpaired) electrons. The number of ether oxygens (including phenoxy) is 2. The van der Waals surface area contributed by atoms with E-state index in [2.05, 4.69) is 20.6 Å². The first kappa shape index (κ1) is 31.3. The number of benzene rings is 3. The highest BCUT2D eigenvalue weighted by molar-refractivity contribution is 6.28. The second-order valence-electron chi connectivity index (χ2n) is 10.4. The van der Waals surface area contributed by atoms with E-state index in [1.807, 2.05) is 72.8 Å². The van der Waals surface area contributed by atoms with Crippen LogP contribution in [0.4, 0.5) is 0 Å². The molecule has 0 saturated heterocycles. The number of nitrogens with zero attached hydrogens (tertiary/aromatic N) is 2. The number of halogens is 1. The number of methoxy groups -OCH3 is 2. The third kappa shape index (κ3) is 7.18. The summed E-state index contributed by atoms with van der Waals surface area (Å²) in [7, 11) is 3.14. The van der Waals surface area contributed by atoms with Crippen molar-refractivity contribution in [3.8, 4) is 22.8 Å². The molecule has 0 bridgehead atoms. The van der Waals surface area contributed by atoms with Crippen molar-refractivity contribution in [3.05, 3.63) is 90.1 Å². The van der Waals surface area contributed by atoms with Crippen LogP contribution in [0.1, 0.15) is 28.9 Å². The number of nitrogens with two attached hydrogens (primary N) is 1. The van der Waals surface area contributed by atoms with Crippen LogP contribution in [-0.4, -0.2) is 60.3 Å². The van der Waals surface area contributed by atoms with Crippen molar-refractivity contribution < 1.29 is 19.1 Å². The van der Waals surface area contributed by atoms with Gasteiger partial charge in [0.25, 0.3) is 5.91 Å². The smallest absolute Gasteiger partial charge is 0.270 e. The van der Waals surface area contributed by atoms with Crippen LogP contribution in [0.3, 0.4) is 0 Å². The van der Waals surface area contributed by atoms with Crippen molar-refractivity contribution in [1.29, 1.82) is 0 Å². The standard InChI is InChI=1S/C34H35ClN6O4/c1-44-27-15-8-16-28(45-2)30(27)32-31-23(22-12-6-7-13-24(22)39-31)18-26(40-32)34(43)41-25(14-9-17-37-29(36)19-35)33(42)38-20-21-10-4-3-5-11-21/h3-8,10-13,15-16,18,25,39H,9,14,17,19-20H2,1-2H3,(H2,36,37)(H,38,42)(H,41,43)/t25-/m0/s1. The van der Waals surface area contributed by atoms with Gasteiger partial charge in [-0.1, -0.05) is 54.6 Å². The second kappa shape index (κ2) is 14.6. The quantitative estimate of drug-likeness (QED) is 0.0613. The number of rotatable bonds is 13. The highest BCUT2D eigenvalue weighted by atomic mass is 35.5. The average molecular weight is 627 g/mol. The van der Waals surface area contributed by atoms with Crippen molar-refractivity contribution in [2.24, 2.45) is 10.7 Å². The summed E-state index contributed by atoms with van der Waals surface area (Å²) < 4.78 is 11.4. The number of fused-ring (bicyclic) bond motifs is 3. The summed E-state index contributed by atoms with van der Waals surface area (Å²) in [4.78, 5) is 39.8. The zero-order valence-corrected chi connectivity index (χ0v) is 25.9. The zero-order chi connectivity index (χ0) is 31.8. The fourth-order valence-electron chi connectivity index (χ4n) is 5.20. The lowest BCUT2D eigenvalue weighted by atomic mass is 10.0. The number of hydrogen-bond acceptors (Lipinski definition) is 6. The summed E-state index contributed by atoms with van der Waals surface area (Å²) >= 11 is 5.74. The largest absolute Gasteiger partial charge is 0.496 e. The molecule has 10 nitrogen and oxygen atoms in total. The zero-order valence-electron chi connectivity index (χ0n) is 25.1. The van der Waals surface area contributed by atoms with Crippen molar-refractivity contribution in [2.75, 3.05) is 26.6 Å². The molecular formula is C34H35ClN6O4. The van der Waals surface area contributed by atoms with Crippen molar-refractivity contribution in [1.82, 2.24) is 20.6 Å². The summed E-state index contributed by atoms with van der Waals surface area (Å²) in [5.74, 6) is 0.700. The SMILES string of the molecule is COc1cccc(OC)c1-c1nc(C(=O)N[C@@H](CCCN=C(N)CCl)C(=O)NCc2ccccc2)cc2c1[nH]c1ccccc12. The predicted molar refractivity (Wildman–Crippen MR) is 178 cm³/mol. The third-order valence-electron chi connectivity index (χ3n) is 7.43. The maximum absolute atomic E-state index is 13.9. The number of para-hydroxylation sites is 1. The Labute approximate surface area is 266 Å². The lowest BCUT2D eigenvalue weighted by Crippen LogP contribution is -2.46. The van der Waals surface area contributed by atoms with Crippen LogP contribution in [-0.2, 0) is 11.3 Å². The van der Waals surface area contributed by atoms with E-state index in [0.717, 1.165) is 27.4 Å². The Hall–Kier alpha value is -5.09. The minimum atomic E-state index is -0.849. The third-order valence-corrected chi connectivity index (χ3v) is 7.70. The Balaban J connectivity index is 1.51. The highest BCUT2D eigenvalue weighted by Gasteiger charge is 2.25. The van der Waals surface area contributed by atoms with Crippen molar-refractivity contribution in [3.63, 3.8) is 0 Å². The van der Waals surface area contributed by atoms with Gasteiger partial charge < -0.3 is 30.8 Å². The summed E-state index contributed by atoms with van der Waals surface area (Å²) in [6.45, 7) is 0.689.